The quantitative estimate of drug-likeness (QED) is 0.759. The van der Waals surface area contributed by atoms with E-state index in [0.717, 1.165) is 23.6 Å². The summed E-state index contributed by atoms with van der Waals surface area (Å²) in [7, 11) is 0. The van der Waals surface area contributed by atoms with E-state index in [9.17, 15) is 4.79 Å². The SMILES string of the molecule is C=CCOc1ccc(C(=O)n2nc(C)c(CC(C)C)c2C)cc1. The number of carbonyl (C=O) groups excluding carboxylic acids is 1. The molecule has 4 nitrogen and oxygen atoms in total. The first-order valence-electron chi connectivity index (χ1n) is 7.87. The van der Waals surface area contributed by atoms with E-state index >= 15 is 0 Å². The Bertz CT molecular complexity index is 697. The lowest BCUT2D eigenvalue weighted by Gasteiger charge is -2.07. The molecule has 0 aliphatic heterocycles. The molecule has 0 unspecified atom stereocenters. The van der Waals surface area contributed by atoms with E-state index in [4.69, 9.17) is 4.74 Å². The molecule has 0 saturated carbocycles. The van der Waals surface area contributed by atoms with Gasteiger partial charge in [-0.1, -0.05) is 26.5 Å². The molecule has 0 aliphatic carbocycles. The van der Waals surface area contributed by atoms with E-state index in [1.165, 1.54) is 10.2 Å². The largest absolute Gasteiger partial charge is 0.490 e. The van der Waals surface area contributed by atoms with Crippen molar-refractivity contribution in [2.45, 2.75) is 34.1 Å². The van der Waals surface area contributed by atoms with Gasteiger partial charge in [0.1, 0.15) is 12.4 Å². The maximum absolute atomic E-state index is 12.7. The molecule has 0 amide bonds. The number of carbonyl (C=O) groups is 1. The fourth-order valence-corrected chi connectivity index (χ4v) is 2.55. The normalized spacial score (nSPS) is 10.8. The summed E-state index contributed by atoms with van der Waals surface area (Å²) in [5.41, 5.74) is 3.61. The highest BCUT2D eigenvalue weighted by atomic mass is 16.5. The zero-order valence-corrected chi connectivity index (χ0v) is 14.3. The Kier molecular flexibility index (Phi) is 5.37. The van der Waals surface area contributed by atoms with Gasteiger partial charge in [-0.05, 0) is 56.0 Å². The molecule has 2 rings (SSSR count). The van der Waals surface area contributed by atoms with Crippen molar-refractivity contribution in [2.24, 2.45) is 5.92 Å². The van der Waals surface area contributed by atoms with Crippen LogP contribution in [0.1, 0.15) is 41.2 Å². The maximum Gasteiger partial charge on any atom is 0.278 e. The molecule has 0 aliphatic rings. The minimum Gasteiger partial charge on any atom is -0.490 e. The number of hydrogen-bond acceptors (Lipinski definition) is 3. The fourth-order valence-electron chi connectivity index (χ4n) is 2.55. The van der Waals surface area contributed by atoms with Gasteiger partial charge in [-0.2, -0.15) is 5.10 Å². The van der Waals surface area contributed by atoms with Crippen LogP contribution in [0.3, 0.4) is 0 Å². The number of ether oxygens (including phenoxy) is 1. The highest BCUT2D eigenvalue weighted by molar-refractivity contribution is 5.96. The van der Waals surface area contributed by atoms with Gasteiger partial charge in [0.2, 0.25) is 0 Å². The topological polar surface area (TPSA) is 44.1 Å². The lowest BCUT2D eigenvalue weighted by molar-refractivity contribution is 0.0942. The number of hydrogen-bond donors (Lipinski definition) is 0. The number of aromatic nitrogens is 2. The molecular formula is C19H24N2O2. The van der Waals surface area contributed by atoms with Gasteiger partial charge >= 0.3 is 0 Å². The summed E-state index contributed by atoms with van der Waals surface area (Å²) in [6.45, 7) is 12.3. The molecule has 2 aromatic rings. The third kappa shape index (κ3) is 3.89. The Hall–Kier alpha value is -2.36. The van der Waals surface area contributed by atoms with Crippen molar-refractivity contribution in [1.29, 1.82) is 0 Å². The zero-order chi connectivity index (χ0) is 17.0. The smallest absolute Gasteiger partial charge is 0.278 e. The van der Waals surface area contributed by atoms with Crippen LogP contribution in [-0.2, 0) is 6.42 Å². The highest BCUT2D eigenvalue weighted by Crippen LogP contribution is 2.19. The van der Waals surface area contributed by atoms with Crippen LogP contribution >= 0.6 is 0 Å². The van der Waals surface area contributed by atoms with E-state index in [2.05, 4.69) is 25.5 Å². The third-order valence-electron chi connectivity index (χ3n) is 3.72. The number of rotatable bonds is 6. The average Bonchev–Trinajstić information content (AvgIpc) is 2.80. The van der Waals surface area contributed by atoms with Crippen LogP contribution in [0.5, 0.6) is 5.75 Å². The zero-order valence-electron chi connectivity index (χ0n) is 14.3. The maximum atomic E-state index is 12.7. The van der Waals surface area contributed by atoms with Crippen LogP contribution in [0.15, 0.2) is 36.9 Å². The average molecular weight is 312 g/mol. The van der Waals surface area contributed by atoms with Crippen LogP contribution in [0, 0.1) is 19.8 Å². The third-order valence-corrected chi connectivity index (χ3v) is 3.72. The first-order chi connectivity index (χ1) is 10.9. The summed E-state index contributed by atoms with van der Waals surface area (Å²) < 4.78 is 6.94. The number of nitrogens with zero attached hydrogens (tertiary/aromatic N) is 2. The molecule has 0 atom stereocenters. The molecule has 0 radical (unpaired) electrons. The molecule has 0 saturated heterocycles. The predicted octanol–water partition coefficient (Wildman–Crippen LogP) is 3.95. The second-order valence-electron chi connectivity index (χ2n) is 6.09. The minimum absolute atomic E-state index is 0.115. The van der Waals surface area contributed by atoms with Crippen molar-refractivity contribution in [2.75, 3.05) is 6.61 Å². The van der Waals surface area contributed by atoms with Crippen LogP contribution in [0.25, 0.3) is 0 Å². The molecular weight excluding hydrogens is 288 g/mol. The summed E-state index contributed by atoms with van der Waals surface area (Å²) in [6, 6.07) is 7.10. The van der Waals surface area contributed by atoms with E-state index in [1.807, 2.05) is 13.8 Å². The van der Waals surface area contributed by atoms with Crippen molar-refractivity contribution in [3.63, 3.8) is 0 Å². The van der Waals surface area contributed by atoms with Crippen molar-refractivity contribution in [3.8, 4) is 5.75 Å². The lowest BCUT2D eigenvalue weighted by atomic mass is 10.0. The van der Waals surface area contributed by atoms with Crippen LogP contribution in [0.2, 0.25) is 0 Å². The number of benzene rings is 1. The Morgan fingerprint density at radius 3 is 2.52 bits per heavy atom. The lowest BCUT2D eigenvalue weighted by Crippen LogP contribution is -2.15. The second-order valence-corrected chi connectivity index (χ2v) is 6.09. The van der Waals surface area contributed by atoms with Gasteiger partial charge in [-0.25, -0.2) is 4.68 Å². The van der Waals surface area contributed by atoms with Gasteiger partial charge in [-0.15, -0.1) is 0 Å². The molecule has 0 bridgehead atoms. The van der Waals surface area contributed by atoms with Gasteiger partial charge in [-0.3, -0.25) is 4.79 Å². The molecule has 1 aromatic carbocycles. The van der Waals surface area contributed by atoms with Gasteiger partial charge in [0.15, 0.2) is 0 Å². The molecule has 4 heteroatoms. The summed E-state index contributed by atoms with van der Waals surface area (Å²) >= 11 is 0. The highest BCUT2D eigenvalue weighted by Gasteiger charge is 2.18. The molecule has 1 aromatic heterocycles. The minimum atomic E-state index is -0.115. The summed E-state index contributed by atoms with van der Waals surface area (Å²) in [5.74, 6) is 1.13. The van der Waals surface area contributed by atoms with Gasteiger partial charge in [0, 0.05) is 11.3 Å². The molecule has 0 fully saturated rings. The van der Waals surface area contributed by atoms with Gasteiger partial charge in [0.05, 0.1) is 5.69 Å². The monoisotopic (exact) mass is 312 g/mol. The summed E-state index contributed by atoms with van der Waals surface area (Å²) in [6.07, 6.45) is 2.62. The van der Waals surface area contributed by atoms with Gasteiger partial charge < -0.3 is 4.74 Å². The van der Waals surface area contributed by atoms with Crippen molar-refractivity contribution >= 4 is 5.91 Å². The van der Waals surface area contributed by atoms with Crippen molar-refractivity contribution in [3.05, 3.63) is 59.4 Å². The van der Waals surface area contributed by atoms with Crippen molar-refractivity contribution in [1.82, 2.24) is 9.78 Å². The van der Waals surface area contributed by atoms with E-state index in [1.54, 1.807) is 30.3 Å². The summed E-state index contributed by atoms with van der Waals surface area (Å²) in [4.78, 5) is 12.7. The Balaban J connectivity index is 2.25. The first kappa shape index (κ1) is 17.0. The van der Waals surface area contributed by atoms with Crippen LogP contribution in [-0.4, -0.2) is 22.3 Å². The molecule has 1 heterocycles. The van der Waals surface area contributed by atoms with E-state index < -0.39 is 0 Å². The predicted molar refractivity (Wildman–Crippen MR) is 92.1 cm³/mol. The standard InChI is InChI=1S/C19H24N2O2/c1-6-11-23-17-9-7-16(8-10-17)19(22)21-15(5)18(12-13(2)3)14(4)20-21/h6-10,13H,1,11-12H2,2-5H3. The molecule has 23 heavy (non-hydrogen) atoms. The van der Waals surface area contributed by atoms with Crippen LogP contribution in [0.4, 0.5) is 0 Å². The Morgan fingerprint density at radius 2 is 1.96 bits per heavy atom. The molecule has 122 valence electrons. The van der Waals surface area contributed by atoms with E-state index in [-0.39, 0.29) is 5.91 Å². The Labute approximate surface area is 137 Å². The number of aryl methyl sites for hydroxylation is 1. The van der Waals surface area contributed by atoms with Crippen LogP contribution < -0.4 is 4.74 Å². The van der Waals surface area contributed by atoms with Crippen molar-refractivity contribution < 1.29 is 9.53 Å². The Morgan fingerprint density at radius 1 is 1.30 bits per heavy atom. The molecule has 0 N–H and O–H groups in total. The fraction of sp³-hybridized carbons (Fsp3) is 0.368. The second kappa shape index (κ2) is 7.27. The molecule has 0 spiro atoms. The van der Waals surface area contributed by atoms with Gasteiger partial charge in [0.25, 0.3) is 5.91 Å². The van der Waals surface area contributed by atoms with E-state index in [0.29, 0.717) is 18.1 Å². The summed E-state index contributed by atoms with van der Waals surface area (Å²) in [5, 5.41) is 4.43. The first-order valence-corrected chi connectivity index (χ1v) is 7.87.